The maximum Gasteiger partial charge on any atom is 0.246 e. The third-order valence-electron chi connectivity index (χ3n) is 2.97. The quantitative estimate of drug-likeness (QED) is 0.863. The maximum atomic E-state index is 5.59. The van der Waals surface area contributed by atoms with Crippen LogP contribution in [0.25, 0.3) is 0 Å². The molecule has 102 valence electrons. The number of benzene rings is 1. The van der Waals surface area contributed by atoms with Gasteiger partial charge >= 0.3 is 0 Å². The summed E-state index contributed by atoms with van der Waals surface area (Å²) in [6.45, 7) is 4.51. The Morgan fingerprint density at radius 2 is 2.00 bits per heavy atom. The largest absolute Gasteiger partial charge is 0.493 e. The summed E-state index contributed by atoms with van der Waals surface area (Å²) in [5, 5.41) is 7.08. The molecule has 0 unspecified atom stereocenters. The van der Waals surface area contributed by atoms with E-state index < -0.39 is 0 Å². The van der Waals surface area contributed by atoms with Gasteiger partial charge in [0.1, 0.15) is 5.75 Å². The Hall–Kier alpha value is -1.88. The van der Waals surface area contributed by atoms with Gasteiger partial charge < -0.3 is 14.6 Å². The van der Waals surface area contributed by atoms with Crippen molar-refractivity contribution in [3.63, 3.8) is 0 Å². The van der Waals surface area contributed by atoms with E-state index in [-0.39, 0.29) is 5.54 Å². The first-order valence-electron chi connectivity index (χ1n) is 6.31. The van der Waals surface area contributed by atoms with Crippen LogP contribution in [0.15, 0.2) is 34.9 Å². The van der Waals surface area contributed by atoms with Gasteiger partial charge in [-0.1, -0.05) is 23.4 Å². The van der Waals surface area contributed by atoms with E-state index in [0.29, 0.717) is 24.7 Å². The molecule has 0 spiro atoms. The molecule has 0 aliphatic heterocycles. The second-order valence-electron chi connectivity index (χ2n) is 4.80. The zero-order valence-corrected chi connectivity index (χ0v) is 11.5. The molecule has 0 aliphatic carbocycles. The highest BCUT2D eigenvalue weighted by Crippen LogP contribution is 2.17. The first kappa shape index (κ1) is 13.5. The van der Waals surface area contributed by atoms with E-state index in [0.717, 1.165) is 5.75 Å². The fourth-order valence-electron chi connectivity index (χ4n) is 1.49. The van der Waals surface area contributed by atoms with E-state index in [2.05, 4.69) is 15.5 Å². The van der Waals surface area contributed by atoms with E-state index in [1.165, 1.54) is 0 Å². The highest BCUT2D eigenvalue weighted by Gasteiger charge is 2.25. The minimum absolute atomic E-state index is 0.314. The molecule has 1 N–H and O–H groups in total. The summed E-state index contributed by atoms with van der Waals surface area (Å²) >= 11 is 0. The van der Waals surface area contributed by atoms with Crippen LogP contribution in [-0.4, -0.2) is 23.8 Å². The zero-order chi connectivity index (χ0) is 13.7. The van der Waals surface area contributed by atoms with E-state index in [1.54, 1.807) is 0 Å². The van der Waals surface area contributed by atoms with Gasteiger partial charge in [-0.25, -0.2) is 0 Å². The van der Waals surface area contributed by atoms with Gasteiger partial charge in [0.25, 0.3) is 0 Å². The van der Waals surface area contributed by atoms with E-state index >= 15 is 0 Å². The minimum atomic E-state index is -0.314. The molecule has 5 heteroatoms. The van der Waals surface area contributed by atoms with Crippen molar-refractivity contribution in [1.82, 2.24) is 15.5 Å². The van der Waals surface area contributed by atoms with E-state index in [1.807, 2.05) is 51.2 Å². The zero-order valence-electron chi connectivity index (χ0n) is 11.5. The Morgan fingerprint density at radius 1 is 1.26 bits per heavy atom. The molecule has 2 aromatic rings. The molecule has 1 aromatic carbocycles. The smallest absolute Gasteiger partial charge is 0.246 e. The first-order valence-corrected chi connectivity index (χ1v) is 6.31. The minimum Gasteiger partial charge on any atom is -0.493 e. The summed E-state index contributed by atoms with van der Waals surface area (Å²) < 4.78 is 10.8. The number of nitrogens with one attached hydrogen (secondary N) is 1. The third-order valence-corrected chi connectivity index (χ3v) is 2.97. The molecule has 0 radical (unpaired) electrons. The van der Waals surface area contributed by atoms with Crippen LogP contribution in [0.3, 0.4) is 0 Å². The van der Waals surface area contributed by atoms with Crippen molar-refractivity contribution in [3.8, 4) is 5.75 Å². The Balaban J connectivity index is 1.87. The van der Waals surface area contributed by atoms with Gasteiger partial charge in [-0.2, -0.15) is 4.98 Å². The predicted octanol–water partition coefficient (Wildman–Crippen LogP) is 2.15. The molecule has 0 atom stereocenters. The van der Waals surface area contributed by atoms with Crippen molar-refractivity contribution in [2.45, 2.75) is 25.8 Å². The molecule has 0 bridgehead atoms. The Morgan fingerprint density at radius 3 is 2.68 bits per heavy atom. The number of rotatable bonds is 6. The Bertz CT molecular complexity index is 508. The fourth-order valence-corrected chi connectivity index (χ4v) is 1.49. The summed E-state index contributed by atoms with van der Waals surface area (Å²) in [6.07, 6.45) is 0.623. The monoisotopic (exact) mass is 261 g/mol. The molecule has 2 rings (SSSR count). The Kier molecular flexibility index (Phi) is 4.16. The lowest BCUT2D eigenvalue weighted by atomic mass is 10.1. The molecule has 1 aromatic heterocycles. The topological polar surface area (TPSA) is 60.2 Å². The van der Waals surface area contributed by atoms with Crippen LogP contribution in [0.5, 0.6) is 5.75 Å². The van der Waals surface area contributed by atoms with E-state index in [4.69, 9.17) is 9.26 Å². The van der Waals surface area contributed by atoms with Gasteiger partial charge in [0.2, 0.25) is 5.89 Å². The van der Waals surface area contributed by atoms with Crippen LogP contribution in [0, 0.1) is 0 Å². The first-order chi connectivity index (χ1) is 9.12. The van der Waals surface area contributed by atoms with Crippen molar-refractivity contribution in [2.24, 2.45) is 0 Å². The summed E-state index contributed by atoms with van der Waals surface area (Å²) in [6, 6.07) is 9.68. The fraction of sp³-hybridized carbons (Fsp3) is 0.429. The lowest BCUT2D eigenvalue weighted by Gasteiger charge is -2.17. The average Bonchev–Trinajstić information content (AvgIpc) is 2.90. The van der Waals surface area contributed by atoms with E-state index in [9.17, 15) is 0 Å². The highest BCUT2D eigenvalue weighted by atomic mass is 16.5. The van der Waals surface area contributed by atoms with Crippen LogP contribution in [0.2, 0.25) is 0 Å². The van der Waals surface area contributed by atoms with Crippen LogP contribution < -0.4 is 10.1 Å². The molecular formula is C14H19N3O2. The van der Waals surface area contributed by atoms with Crippen molar-refractivity contribution >= 4 is 0 Å². The van der Waals surface area contributed by atoms with Crippen LogP contribution in [0.4, 0.5) is 0 Å². The number of aromatic nitrogens is 2. The van der Waals surface area contributed by atoms with Crippen molar-refractivity contribution in [2.75, 3.05) is 13.7 Å². The molecule has 19 heavy (non-hydrogen) atoms. The van der Waals surface area contributed by atoms with Crippen LogP contribution in [0.1, 0.15) is 25.6 Å². The maximum absolute atomic E-state index is 5.59. The number of nitrogens with zero attached hydrogens (tertiary/aromatic N) is 2. The second-order valence-corrected chi connectivity index (χ2v) is 4.80. The molecule has 0 aliphatic rings. The van der Waals surface area contributed by atoms with Gasteiger partial charge in [-0.05, 0) is 33.0 Å². The SMILES string of the molecule is CNC(C)(C)c1nc(CCOc2ccccc2)no1. The van der Waals surface area contributed by atoms with Crippen molar-refractivity contribution < 1.29 is 9.26 Å². The highest BCUT2D eigenvalue weighted by molar-refractivity contribution is 5.20. The summed E-state index contributed by atoms with van der Waals surface area (Å²) in [7, 11) is 1.86. The van der Waals surface area contributed by atoms with Crippen molar-refractivity contribution in [3.05, 3.63) is 42.0 Å². The van der Waals surface area contributed by atoms with Gasteiger partial charge in [-0.15, -0.1) is 0 Å². The second kappa shape index (κ2) is 5.84. The Labute approximate surface area is 113 Å². The number of ether oxygens (including phenoxy) is 1. The molecule has 0 saturated carbocycles. The summed E-state index contributed by atoms with van der Waals surface area (Å²) in [4.78, 5) is 4.36. The number of hydrogen-bond acceptors (Lipinski definition) is 5. The van der Waals surface area contributed by atoms with Crippen LogP contribution >= 0.6 is 0 Å². The lowest BCUT2D eigenvalue weighted by molar-refractivity contribution is 0.277. The molecule has 0 amide bonds. The van der Waals surface area contributed by atoms with Crippen molar-refractivity contribution in [1.29, 1.82) is 0 Å². The lowest BCUT2D eigenvalue weighted by Crippen LogP contribution is -2.33. The number of para-hydroxylation sites is 1. The van der Waals surface area contributed by atoms with Gasteiger partial charge in [0.15, 0.2) is 5.82 Å². The standard InChI is InChI=1S/C14H19N3O2/c1-14(2,15-3)13-16-12(17-19-13)9-10-18-11-7-5-4-6-8-11/h4-8,15H,9-10H2,1-3H3. The predicted molar refractivity (Wildman–Crippen MR) is 72.0 cm³/mol. The molecule has 5 nitrogen and oxygen atoms in total. The van der Waals surface area contributed by atoms with Gasteiger partial charge in [0.05, 0.1) is 12.1 Å². The molecular weight excluding hydrogens is 242 g/mol. The summed E-state index contributed by atoms with van der Waals surface area (Å²) in [5.74, 6) is 2.10. The van der Waals surface area contributed by atoms with Gasteiger partial charge in [-0.3, -0.25) is 0 Å². The molecule has 0 saturated heterocycles. The normalized spacial score (nSPS) is 11.5. The van der Waals surface area contributed by atoms with Gasteiger partial charge in [0, 0.05) is 6.42 Å². The third kappa shape index (κ3) is 3.54. The number of hydrogen-bond donors (Lipinski definition) is 1. The molecule has 0 fully saturated rings. The average molecular weight is 261 g/mol. The summed E-state index contributed by atoms with van der Waals surface area (Å²) in [5.41, 5.74) is -0.314. The van der Waals surface area contributed by atoms with Crippen LogP contribution in [-0.2, 0) is 12.0 Å². The molecule has 1 heterocycles.